The molecular weight excluding hydrogens is 446 g/mol. The highest BCUT2D eigenvalue weighted by Gasteiger charge is 2.21. The maximum atomic E-state index is 14.0. The predicted octanol–water partition coefficient (Wildman–Crippen LogP) is 3.30. The van der Waals surface area contributed by atoms with Crippen LogP contribution in [0, 0.1) is 0 Å². The lowest BCUT2D eigenvalue weighted by atomic mass is 9.99. The van der Waals surface area contributed by atoms with Crippen LogP contribution in [0.5, 0.6) is 23.0 Å². The van der Waals surface area contributed by atoms with Gasteiger partial charge in [-0.2, -0.15) is 0 Å². The number of aromatic nitrogens is 1. The molecule has 3 aromatic carbocycles. The summed E-state index contributed by atoms with van der Waals surface area (Å²) in [7, 11) is 5.35. The van der Waals surface area contributed by atoms with Crippen LogP contribution in [0.25, 0.3) is 32.4 Å². The number of pyridine rings is 1. The summed E-state index contributed by atoms with van der Waals surface area (Å²) in [6, 6.07) is 11.8. The average Bonchev–Trinajstić information content (AvgIpc) is 3.34. The van der Waals surface area contributed by atoms with Crippen molar-refractivity contribution in [2.24, 2.45) is 0 Å². The first-order valence-electron chi connectivity index (χ1n) is 11.9. The molecule has 0 spiro atoms. The molecule has 2 aliphatic rings. The summed E-state index contributed by atoms with van der Waals surface area (Å²) in [6.45, 7) is 5.69. The van der Waals surface area contributed by atoms with E-state index in [1.807, 2.05) is 22.8 Å². The Hall–Kier alpha value is -3.49. The molecule has 1 aromatic heterocycles. The SMILES string of the molecule is COc1cc2c(=O)n(CCN3CCN(C)CC3)c3c4cc5c(cc4ccc3c2cc1OC)OCO5. The molecule has 6 rings (SSSR count). The van der Waals surface area contributed by atoms with Gasteiger partial charge in [-0.25, -0.2) is 0 Å². The minimum Gasteiger partial charge on any atom is -0.493 e. The third-order valence-electron chi connectivity index (χ3n) is 7.28. The normalized spacial score (nSPS) is 16.4. The molecule has 2 aliphatic heterocycles. The summed E-state index contributed by atoms with van der Waals surface area (Å²) in [4.78, 5) is 18.8. The number of nitrogens with zero attached hydrogens (tertiary/aromatic N) is 3. The van der Waals surface area contributed by atoms with E-state index in [0.29, 0.717) is 29.2 Å². The molecule has 0 aliphatic carbocycles. The van der Waals surface area contributed by atoms with Gasteiger partial charge in [0.15, 0.2) is 23.0 Å². The summed E-state index contributed by atoms with van der Waals surface area (Å²) in [5.41, 5.74) is 0.868. The largest absolute Gasteiger partial charge is 0.493 e. The van der Waals surface area contributed by atoms with E-state index < -0.39 is 0 Å². The van der Waals surface area contributed by atoms with E-state index >= 15 is 0 Å². The first-order chi connectivity index (χ1) is 17.1. The van der Waals surface area contributed by atoms with Gasteiger partial charge in [-0.05, 0) is 36.7 Å². The zero-order valence-electron chi connectivity index (χ0n) is 20.3. The fraction of sp³-hybridized carbons (Fsp3) is 0.370. The molecule has 0 N–H and O–H groups in total. The number of hydrogen-bond acceptors (Lipinski definition) is 7. The Bertz CT molecular complexity index is 1500. The Morgan fingerprint density at radius 1 is 0.800 bits per heavy atom. The minimum atomic E-state index is -0.0345. The highest BCUT2D eigenvalue weighted by atomic mass is 16.7. The minimum absolute atomic E-state index is 0.0345. The fourth-order valence-electron chi connectivity index (χ4n) is 5.26. The van der Waals surface area contributed by atoms with Crippen molar-refractivity contribution >= 4 is 32.4 Å². The monoisotopic (exact) mass is 475 g/mol. The molecule has 0 saturated carbocycles. The standard InChI is InChI=1S/C27H29N3O5/c1-28-6-8-29(9-7-28)10-11-30-26-18(5-4-17-12-24-25(13-19(17)26)35-16-34-24)20-14-22(32-2)23(33-3)15-21(20)27(30)31/h4-5,12-15H,6-11,16H2,1-3H3. The Morgan fingerprint density at radius 2 is 1.49 bits per heavy atom. The Kier molecular flexibility index (Phi) is 5.42. The lowest BCUT2D eigenvalue weighted by Crippen LogP contribution is -2.45. The van der Waals surface area contributed by atoms with Gasteiger partial charge >= 0.3 is 0 Å². The van der Waals surface area contributed by atoms with Crippen LogP contribution < -0.4 is 24.5 Å². The number of methoxy groups -OCH3 is 2. The van der Waals surface area contributed by atoms with Crippen molar-refractivity contribution in [1.29, 1.82) is 0 Å². The molecule has 0 radical (unpaired) electrons. The van der Waals surface area contributed by atoms with Crippen molar-refractivity contribution in [3.05, 3.63) is 46.8 Å². The van der Waals surface area contributed by atoms with Crippen LogP contribution in [-0.2, 0) is 6.54 Å². The molecule has 182 valence electrons. The van der Waals surface area contributed by atoms with Crippen molar-refractivity contribution in [3.8, 4) is 23.0 Å². The molecule has 4 aromatic rings. The van der Waals surface area contributed by atoms with E-state index in [1.165, 1.54) is 0 Å². The van der Waals surface area contributed by atoms with Gasteiger partial charge in [-0.1, -0.05) is 12.1 Å². The second-order valence-corrected chi connectivity index (χ2v) is 9.24. The average molecular weight is 476 g/mol. The molecule has 8 nitrogen and oxygen atoms in total. The van der Waals surface area contributed by atoms with Crippen LogP contribution in [0.2, 0.25) is 0 Å². The van der Waals surface area contributed by atoms with Crippen LogP contribution in [0.1, 0.15) is 0 Å². The van der Waals surface area contributed by atoms with E-state index in [0.717, 1.165) is 65.5 Å². The highest BCUT2D eigenvalue weighted by Crippen LogP contribution is 2.41. The van der Waals surface area contributed by atoms with E-state index in [-0.39, 0.29) is 12.4 Å². The Labute approximate surface area is 203 Å². The van der Waals surface area contributed by atoms with Gasteiger partial charge in [-0.3, -0.25) is 9.69 Å². The summed E-state index contributed by atoms with van der Waals surface area (Å²) in [5, 5.41) is 4.44. The van der Waals surface area contributed by atoms with Crippen LogP contribution in [0.3, 0.4) is 0 Å². The summed E-state index contributed by atoms with van der Waals surface area (Å²) in [6.07, 6.45) is 0. The quantitative estimate of drug-likeness (QED) is 0.411. The molecule has 3 heterocycles. The van der Waals surface area contributed by atoms with Crippen molar-refractivity contribution in [2.45, 2.75) is 6.54 Å². The van der Waals surface area contributed by atoms with E-state index in [1.54, 1.807) is 20.3 Å². The number of ether oxygens (including phenoxy) is 4. The fourth-order valence-corrected chi connectivity index (χ4v) is 5.26. The number of likely N-dealkylation sites (N-methyl/N-ethyl adjacent to an activating group) is 1. The van der Waals surface area contributed by atoms with Crippen LogP contribution in [-0.4, -0.2) is 75.2 Å². The molecule has 8 heteroatoms. The van der Waals surface area contributed by atoms with E-state index in [2.05, 4.69) is 29.0 Å². The second kappa shape index (κ2) is 8.62. The van der Waals surface area contributed by atoms with Crippen molar-refractivity contribution in [2.75, 3.05) is 60.8 Å². The van der Waals surface area contributed by atoms with Gasteiger partial charge in [0, 0.05) is 55.4 Å². The first-order valence-corrected chi connectivity index (χ1v) is 11.9. The van der Waals surface area contributed by atoms with Crippen molar-refractivity contribution in [1.82, 2.24) is 14.4 Å². The molecule has 0 unspecified atom stereocenters. The topological polar surface area (TPSA) is 65.4 Å². The van der Waals surface area contributed by atoms with Gasteiger partial charge < -0.3 is 28.4 Å². The maximum absolute atomic E-state index is 14.0. The number of hydrogen-bond donors (Lipinski definition) is 0. The molecule has 0 bridgehead atoms. The predicted molar refractivity (Wildman–Crippen MR) is 136 cm³/mol. The molecule has 1 fully saturated rings. The molecular formula is C27H29N3O5. The van der Waals surface area contributed by atoms with Gasteiger partial charge in [0.1, 0.15) is 0 Å². The Morgan fingerprint density at radius 3 is 2.20 bits per heavy atom. The van der Waals surface area contributed by atoms with Gasteiger partial charge in [0.05, 0.1) is 25.1 Å². The lowest BCUT2D eigenvalue weighted by molar-refractivity contribution is 0.150. The summed E-state index contributed by atoms with van der Waals surface area (Å²) >= 11 is 0. The highest BCUT2D eigenvalue weighted by molar-refractivity contribution is 6.16. The third-order valence-corrected chi connectivity index (χ3v) is 7.28. The second-order valence-electron chi connectivity index (χ2n) is 9.24. The summed E-state index contributed by atoms with van der Waals surface area (Å²) in [5.74, 6) is 2.58. The van der Waals surface area contributed by atoms with Crippen LogP contribution in [0.15, 0.2) is 41.2 Å². The maximum Gasteiger partial charge on any atom is 0.259 e. The smallest absolute Gasteiger partial charge is 0.259 e. The molecule has 35 heavy (non-hydrogen) atoms. The Balaban J connectivity index is 1.60. The number of piperazine rings is 1. The molecule has 0 atom stereocenters. The third kappa shape index (κ3) is 3.64. The number of benzene rings is 3. The number of fused-ring (bicyclic) bond motifs is 6. The zero-order valence-corrected chi connectivity index (χ0v) is 20.3. The van der Waals surface area contributed by atoms with E-state index in [9.17, 15) is 4.79 Å². The lowest BCUT2D eigenvalue weighted by Gasteiger charge is -2.32. The van der Waals surface area contributed by atoms with Gasteiger partial charge in [0.2, 0.25) is 6.79 Å². The molecule has 0 amide bonds. The summed E-state index contributed by atoms with van der Waals surface area (Å²) < 4.78 is 24.3. The van der Waals surface area contributed by atoms with Gasteiger partial charge in [0.25, 0.3) is 5.56 Å². The molecule has 1 saturated heterocycles. The van der Waals surface area contributed by atoms with Gasteiger partial charge in [-0.15, -0.1) is 0 Å². The zero-order chi connectivity index (χ0) is 24.1. The first kappa shape index (κ1) is 22.0. The van der Waals surface area contributed by atoms with Crippen LogP contribution in [0.4, 0.5) is 0 Å². The van der Waals surface area contributed by atoms with E-state index in [4.69, 9.17) is 18.9 Å². The van der Waals surface area contributed by atoms with Crippen molar-refractivity contribution in [3.63, 3.8) is 0 Å². The number of rotatable bonds is 5. The van der Waals surface area contributed by atoms with Crippen molar-refractivity contribution < 1.29 is 18.9 Å². The van der Waals surface area contributed by atoms with Crippen LogP contribution >= 0.6 is 0 Å².